The second kappa shape index (κ2) is 6.54. The van der Waals surface area contributed by atoms with E-state index in [1.807, 2.05) is 0 Å². The molecule has 0 aliphatic carbocycles. The average molecular weight is 298 g/mol. The molecule has 116 valence electrons. The highest BCUT2D eigenvalue weighted by Gasteiger charge is 2.32. The van der Waals surface area contributed by atoms with Gasteiger partial charge in [-0.3, -0.25) is 0 Å². The molecule has 0 saturated heterocycles. The van der Waals surface area contributed by atoms with Gasteiger partial charge in [0.1, 0.15) is 10.6 Å². The highest BCUT2D eigenvalue weighted by atomic mass is 32.1. The molecule has 0 saturated carbocycles. The average Bonchev–Trinajstić information content (AvgIpc) is 2.80. The SMILES string of the molecule is CCC(C)(OC)c1nc(C(C)(C)C)c(CNC(C)C)s1. The normalized spacial score (nSPS) is 15.7. The summed E-state index contributed by atoms with van der Waals surface area (Å²) in [5.41, 5.74) is 0.980. The second-order valence-electron chi connectivity index (χ2n) is 6.86. The van der Waals surface area contributed by atoms with Gasteiger partial charge in [-0.15, -0.1) is 11.3 Å². The van der Waals surface area contributed by atoms with Crippen LogP contribution in [-0.2, 0) is 22.3 Å². The van der Waals surface area contributed by atoms with Gasteiger partial charge < -0.3 is 10.1 Å². The number of rotatable bonds is 6. The summed E-state index contributed by atoms with van der Waals surface area (Å²) in [6.07, 6.45) is 0.928. The van der Waals surface area contributed by atoms with Crippen molar-refractivity contribution in [2.45, 2.75) is 78.5 Å². The van der Waals surface area contributed by atoms with Crippen LogP contribution in [0.3, 0.4) is 0 Å². The molecule has 1 aromatic rings. The first-order valence-electron chi connectivity index (χ1n) is 7.43. The molecule has 3 nitrogen and oxygen atoms in total. The fourth-order valence-corrected chi connectivity index (χ4v) is 3.38. The number of methoxy groups -OCH3 is 1. The number of aromatic nitrogens is 1. The second-order valence-corrected chi connectivity index (χ2v) is 7.95. The van der Waals surface area contributed by atoms with Crippen molar-refractivity contribution in [1.82, 2.24) is 10.3 Å². The lowest BCUT2D eigenvalue weighted by Crippen LogP contribution is -2.24. The minimum absolute atomic E-state index is 0.0607. The molecule has 1 unspecified atom stereocenters. The molecule has 0 spiro atoms. The van der Waals surface area contributed by atoms with Crippen LogP contribution in [0, 0.1) is 0 Å². The van der Waals surface area contributed by atoms with Crippen LogP contribution in [0.4, 0.5) is 0 Å². The van der Waals surface area contributed by atoms with Crippen molar-refractivity contribution >= 4 is 11.3 Å². The third-order valence-electron chi connectivity index (χ3n) is 3.66. The summed E-state index contributed by atoms with van der Waals surface area (Å²) in [5.74, 6) is 0. The van der Waals surface area contributed by atoms with Crippen LogP contribution in [-0.4, -0.2) is 18.1 Å². The van der Waals surface area contributed by atoms with E-state index in [0.717, 1.165) is 18.0 Å². The van der Waals surface area contributed by atoms with Crippen LogP contribution in [0.5, 0.6) is 0 Å². The van der Waals surface area contributed by atoms with Gasteiger partial charge >= 0.3 is 0 Å². The van der Waals surface area contributed by atoms with Crippen LogP contribution in [0.2, 0.25) is 0 Å². The van der Waals surface area contributed by atoms with Crippen molar-refractivity contribution in [2.75, 3.05) is 7.11 Å². The first-order valence-corrected chi connectivity index (χ1v) is 8.25. The summed E-state index contributed by atoms with van der Waals surface area (Å²) in [6, 6.07) is 0.480. The van der Waals surface area contributed by atoms with Gasteiger partial charge in [-0.05, 0) is 13.3 Å². The van der Waals surface area contributed by atoms with E-state index in [1.54, 1.807) is 18.4 Å². The first-order chi connectivity index (χ1) is 9.14. The fraction of sp³-hybridized carbons (Fsp3) is 0.812. The number of thiazole rings is 1. The number of ether oxygens (including phenoxy) is 1. The Balaban J connectivity index is 3.18. The minimum atomic E-state index is -0.277. The number of hydrogen-bond acceptors (Lipinski definition) is 4. The molecule has 0 radical (unpaired) electrons. The Labute approximate surface area is 128 Å². The summed E-state index contributed by atoms with van der Waals surface area (Å²) >= 11 is 1.79. The van der Waals surface area contributed by atoms with E-state index < -0.39 is 0 Å². The lowest BCUT2D eigenvalue weighted by Gasteiger charge is -2.24. The number of nitrogens with zero attached hydrogens (tertiary/aromatic N) is 1. The molecular formula is C16H30N2OS. The highest BCUT2D eigenvalue weighted by Crippen LogP contribution is 2.37. The van der Waals surface area contributed by atoms with Gasteiger partial charge in [0.2, 0.25) is 0 Å². The first kappa shape index (κ1) is 17.6. The lowest BCUT2D eigenvalue weighted by molar-refractivity contribution is -0.00174. The van der Waals surface area contributed by atoms with Crippen LogP contribution in [0.15, 0.2) is 0 Å². The zero-order valence-corrected chi connectivity index (χ0v) is 15.1. The maximum absolute atomic E-state index is 5.71. The summed E-state index contributed by atoms with van der Waals surface area (Å²) in [7, 11) is 1.77. The minimum Gasteiger partial charge on any atom is -0.371 e. The molecule has 1 atom stereocenters. The largest absolute Gasteiger partial charge is 0.371 e. The van der Waals surface area contributed by atoms with Gasteiger partial charge in [0.05, 0.1) is 5.69 Å². The molecule has 0 bridgehead atoms. The van der Waals surface area contributed by atoms with Crippen molar-refractivity contribution in [1.29, 1.82) is 0 Å². The van der Waals surface area contributed by atoms with E-state index in [1.165, 1.54) is 10.6 Å². The Kier molecular flexibility index (Phi) is 5.76. The van der Waals surface area contributed by atoms with Gasteiger partial charge in [0.15, 0.2) is 0 Å². The van der Waals surface area contributed by atoms with Crippen LogP contribution >= 0.6 is 11.3 Å². The Bertz CT molecular complexity index is 428. The molecule has 1 heterocycles. The topological polar surface area (TPSA) is 34.1 Å². The molecule has 1 rings (SSSR count). The zero-order chi connectivity index (χ0) is 15.6. The Morgan fingerprint density at radius 1 is 1.25 bits per heavy atom. The Morgan fingerprint density at radius 2 is 1.85 bits per heavy atom. The Hall–Kier alpha value is -0.450. The molecule has 1 N–H and O–H groups in total. The van der Waals surface area contributed by atoms with E-state index in [2.05, 4.69) is 53.8 Å². The standard InChI is InChI=1S/C16H30N2OS/c1-9-16(7,19-8)14-18-13(15(4,5)6)12(20-14)10-17-11(2)3/h11,17H,9-10H2,1-8H3. The predicted molar refractivity (Wildman–Crippen MR) is 87.4 cm³/mol. The lowest BCUT2D eigenvalue weighted by atomic mass is 9.91. The molecule has 0 aliphatic rings. The molecular weight excluding hydrogens is 268 g/mol. The van der Waals surface area contributed by atoms with Crippen molar-refractivity contribution < 1.29 is 4.74 Å². The van der Waals surface area contributed by atoms with Gasteiger partial charge in [-0.25, -0.2) is 4.98 Å². The van der Waals surface area contributed by atoms with Gasteiger partial charge in [0.25, 0.3) is 0 Å². The molecule has 20 heavy (non-hydrogen) atoms. The quantitative estimate of drug-likeness (QED) is 0.854. The highest BCUT2D eigenvalue weighted by molar-refractivity contribution is 7.11. The molecule has 0 aliphatic heterocycles. The van der Waals surface area contributed by atoms with E-state index in [0.29, 0.717) is 6.04 Å². The summed E-state index contributed by atoms with van der Waals surface area (Å²) in [6.45, 7) is 16.2. The fourth-order valence-electron chi connectivity index (χ4n) is 1.96. The number of nitrogens with one attached hydrogen (secondary N) is 1. The van der Waals surface area contributed by atoms with Crippen LogP contribution in [0.25, 0.3) is 0 Å². The molecule has 4 heteroatoms. The van der Waals surface area contributed by atoms with Crippen molar-refractivity contribution in [3.05, 3.63) is 15.6 Å². The predicted octanol–water partition coefficient (Wildman–Crippen LogP) is 4.21. The zero-order valence-electron chi connectivity index (χ0n) is 14.3. The molecule has 0 amide bonds. The van der Waals surface area contributed by atoms with Gasteiger partial charge in [0, 0.05) is 30.0 Å². The van der Waals surface area contributed by atoms with Crippen LogP contribution < -0.4 is 5.32 Å². The van der Waals surface area contributed by atoms with Gasteiger partial charge in [-0.1, -0.05) is 41.5 Å². The monoisotopic (exact) mass is 298 g/mol. The van der Waals surface area contributed by atoms with E-state index >= 15 is 0 Å². The number of hydrogen-bond donors (Lipinski definition) is 1. The third-order valence-corrected chi connectivity index (χ3v) is 4.96. The summed E-state index contributed by atoms with van der Waals surface area (Å²) in [4.78, 5) is 6.26. The third kappa shape index (κ3) is 4.03. The maximum atomic E-state index is 5.71. The van der Waals surface area contributed by atoms with Crippen molar-refractivity contribution in [2.24, 2.45) is 0 Å². The van der Waals surface area contributed by atoms with Crippen molar-refractivity contribution in [3.8, 4) is 0 Å². The Morgan fingerprint density at radius 3 is 2.25 bits per heavy atom. The maximum Gasteiger partial charge on any atom is 0.125 e. The molecule has 0 fully saturated rings. The smallest absolute Gasteiger partial charge is 0.125 e. The van der Waals surface area contributed by atoms with Gasteiger partial charge in [-0.2, -0.15) is 0 Å². The van der Waals surface area contributed by atoms with E-state index in [-0.39, 0.29) is 11.0 Å². The molecule has 0 aromatic carbocycles. The summed E-state index contributed by atoms with van der Waals surface area (Å²) < 4.78 is 5.71. The molecule has 1 aromatic heterocycles. The van der Waals surface area contributed by atoms with E-state index in [4.69, 9.17) is 9.72 Å². The van der Waals surface area contributed by atoms with E-state index in [9.17, 15) is 0 Å². The van der Waals surface area contributed by atoms with Crippen LogP contribution in [0.1, 0.15) is 70.5 Å². The summed E-state index contributed by atoms with van der Waals surface area (Å²) in [5, 5.41) is 4.60. The van der Waals surface area contributed by atoms with Crippen molar-refractivity contribution in [3.63, 3.8) is 0 Å².